The van der Waals surface area contributed by atoms with Crippen molar-refractivity contribution in [1.82, 2.24) is 25.1 Å². The highest BCUT2D eigenvalue weighted by Gasteiger charge is 2.19. The third-order valence-electron chi connectivity index (χ3n) is 4.98. The van der Waals surface area contributed by atoms with Crippen molar-refractivity contribution >= 4 is 34.8 Å². The van der Waals surface area contributed by atoms with Crippen LogP contribution >= 0.6 is 23.1 Å². The maximum Gasteiger partial charge on any atom is 0.227 e. The van der Waals surface area contributed by atoms with Crippen LogP contribution < -0.4 is 0 Å². The first-order valence-corrected chi connectivity index (χ1v) is 11.8. The molecule has 1 aliphatic rings. The van der Waals surface area contributed by atoms with Crippen LogP contribution in [-0.4, -0.2) is 68.9 Å². The van der Waals surface area contributed by atoms with E-state index in [-0.39, 0.29) is 17.4 Å². The average molecular weight is 458 g/mol. The minimum atomic E-state index is -0.00440. The van der Waals surface area contributed by atoms with E-state index in [0.717, 1.165) is 16.1 Å². The van der Waals surface area contributed by atoms with Crippen LogP contribution in [0.3, 0.4) is 0 Å². The molecular formula is C21H23N5O3S2. The summed E-state index contributed by atoms with van der Waals surface area (Å²) in [4.78, 5) is 28.5. The van der Waals surface area contributed by atoms with Crippen molar-refractivity contribution in [3.05, 3.63) is 51.2 Å². The van der Waals surface area contributed by atoms with E-state index in [9.17, 15) is 9.59 Å². The molecule has 0 unspecified atom stereocenters. The number of ketones is 1. The zero-order valence-corrected chi connectivity index (χ0v) is 19.0. The van der Waals surface area contributed by atoms with Gasteiger partial charge in [0, 0.05) is 18.0 Å². The van der Waals surface area contributed by atoms with Gasteiger partial charge in [0.25, 0.3) is 0 Å². The van der Waals surface area contributed by atoms with E-state index in [2.05, 4.69) is 21.6 Å². The molecule has 10 heteroatoms. The SMILES string of the molecule is Cc1ccc(-n2nnnc2SCC(=O)c2ccc(CC(=O)N3CCOCC3)s2)c(C)c1. The van der Waals surface area contributed by atoms with Crippen LogP contribution in [0.5, 0.6) is 0 Å². The highest BCUT2D eigenvalue weighted by Crippen LogP contribution is 2.24. The molecule has 0 spiro atoms. The van der Waals surface area contributed by atoms with Gasteiger partial charge in [0.2, 0.25) is 11.1 Å². The van der Waals surface area contributed by atoms with Crippen molar-refractivity contribution in [2.24, 2.45) is 0 Å². The molecule has 1 amide bonds. The monoisotopic (exact) mass is 457 g/mol. The third-order valence-corrected chi connectivity index (χ3v) is 7.03. The molecule has 3 aromatic rings. The van der Waals surface area contributed by atoms with Crippen molar-refractivity contribution in [3.8, 4) is 5.69 Å². The number of rotatable bonds is 7. The number of hydrogen-bond donors (Lipinski definition) is 0. The van der Waals surface area contributed by atoms with Crippen molar-refractivity contribution in [2.45, 2.75) is 25.4 Å². The number of carbonyl (C=O) groups excluding carboxylic acids is 2. The summed E-state index contributed by atoms with van der Waals surface area (Å²) in [5, 5.41) is 12.5. The first-order valence-electron chi connectivity index (χ1n) is 9.97. The van der Waals surface area contributed by atoms with Gasteiger partial charge in [-0.15, -0.1) is 16.4 Å². The second-order valence-electron chi connectivity index (χ2n) is 7.31. The number of thioether (sulfide) groups is 1. The lowest BCUT2D eigenvalue weighted by Crippen LogP contribution is -2.41. The maximum absolute atomic E-state index is 12.7. The molecule has 4 rings (SSSR count). The number of aryl methyl sites for hydroxylation is 2. The molecule has 1 aliphatic heterocycles. The van der Waals surface area contributed by atoms with Gasteiger partial charge in [-0.05, 0) is 48.0 Å². The van der Waals surface area contributed by atoms with Crippen molar-refractivity contribution in [2.75, 3.05) is 32.1 Å². The normalized spacial score (nSPS) is 14.1. The van der Waals surface area contributed by atoms with Crippen LogP contribution in [0.15, 0.2) is 35.5 Å². The molecule has 162 valence electrons. The molecule has 0 atom stereocenters. The third kappa shape index (κ3) is 5.20. The predicted octanol–water partition coefficient (Wildman–Crippen LogP) is 2.72. The van der Waals surface area contributed by atoms with Gasteiger partial charge in [0.1, 0.15) is 0 Å². The smallest absolute Gasteiger partial charge is 0.227 e. The summed E-state index contributed by atoms with van der Waals surface area (Å²) in [6.07, 6.45) is 0.316. The second kappa shape index (κ2) is 9.71. The molecule has 3 heterocycles. The Hall–Kier alpha value is -2.56. The molecule has 31 heavy (non-hydrogen) atoms. The van der Waals surface area contributed by atoms with Gasteiger partial charge in [0.15, 0.2) is 5.78 Å². The average Bonchev–Trinajstić information content (AvgIpc) is 3.42. The Bertz CT molecular complexity index is 1090. The lowest BCUT2D eigenvalue weighted by Gasteiger charge is -2.26. The Kier molecular flexibility index (Phi) is 6.79. The lowest BCUT2D eigenvalue weighted by atomic mass is 10.1. The fraction of sp³-hybridized carbons (Fsp3) is 0.381. The van der Waals surface area contributed by atoms with E-state index in [0.29, 0.717) is 42.8 Å². The molecule has 1 saturated heterocycles. The number of ether oxygens (including phenoxy) is 1. The number of morpholine rings is 1. The molecule has 0 saturated carbocycles. The summed E-state index contributed by atoms with van der Waals surface area (Å²) in [6.45, 7) is 6.46. The minimum Gasteiger partial charge on any atom is -0.378 e. The van der Waals surface area contributed by atoms with Gasteiger partial charge in [-0.3, -0.25) is 9.59 Å². The molecule has 0 N–H and O–H groups in total. The van der Waals surface area contributed by atoms with Crippen LogP contribution in [0.4, 0.5) is 0 Å². The first kappa shape index (κ1) is 21.7. The number of aromatic nitrogens is 4. The van der Waals surface area contributed by atoms with Crippen LogP contribution in [-0.2, 0) is 16.0 Å². The largest absolute Gasteiger partial charge is 0.378 e. The van der Waals surface area contributed by atoms with E-state index in [1.807, 2.05) is 36.9 Å². The number of tetrazole rings is 1. The topological polar surface area (TPSA) is 90.2 Å². The fourth-order valence-corrected chi connectivity index (χ4v) is 5.16. The van der Waals surface area contributed by atoms with E-state index in [1.165, 1.54) is 28.7 Å². The van der Waals surface area contributed by atoms with Gasteiger partial charge in [0.05, 0.1) is 36.0 Å². The van der Waals surface area contributed by atoms with Gasteiger partial charge in [-0.1, -0.05) is 29.5 Å². The maximum atomic E-state index is 12.7. The number of thiophene rings is 1. The molecule has 1 fully saturated rings. The van der Waals surface area contributed by atoms with Crippen LogP contribution in [0.2, 0.25) is 0 Å². The molecule has 2 aromatic heterocycles. The number of nitrogens with zero attached hydrogens (tertiary/aromatic N) is 5. The highest BCUT2D eigenvalue weighted by atomic mass is 32.2. The molecule has 0 aliphatic carbocycles. The Morgan fingerprint density at radius 2 is 1.97 bits per heavy atom. The number of carbonyl (C=O) groups is 2. The zero-order chi connectivity index (χ0) is 21.8. The van der Waals surface area contributed by atoms with E-state index < -0.39 is 0 Å². The highest BCUT2D eigenvalue weighted by molar-refractivity contribution is 7.99. The number of Topliss-reactive ketones (excluding diaryl/α,β-unsaturated/α-hetero) is 1. The quantitative estimate of drug-likeness (QED) is 0.398. The molecule has 0 radical (unpaired) electrons. The number of amides is 1. The molecule has 8 nitrogen and oxygen atoms in total. The summed E-state index contributed by atoms with van der Waals surface area (Å²) in [6, 6.07) is 9.71. The number of hydrogen-bond acceptors (Lipinski definition) is 8. The summed E-state index contributed by atoms with van der Waals surface area (Å²) < 4.78 is 6.95. The van der Waals surface area contributed by atoms with E-state index in [4.69, 9.17) is 4.74 Å². The molecular weight excluding hydrogens is 434 g/mol. The first-order chi connectivity index (χ1) is 15.0. The van der Waals surface area contributed by atoms with Crippen molar-refractivity contribution < 1.29 is 14.3 Å². The summed E-state index contributed by atoms with van der Waals surface area (Å²) in [5.74, 6) is 0.296. The van der Waals surface area contributed by atoms with Gasteiger partial charge < -0.3 is 9.64 Å². The Morgan fingerprint density at radius 3 is 2.74 bits per heavy atom. The van der Waals surface area contributed by atoms with Gasteiger partial charge >= 0.3 is 0 Å². The Balaban J connectivity index is 1.37. The van der Waals surface area contributed by atoms with Crippen LogP contribution in [0, 0.1) is 13.8 Å². The van der Waals surface area contributed by atoms with Crippen LogP contribution in [0.25, 0.3) is 5.69 Å². The van der Waals surface area contributed by atoms with Gasteiger partial charge in [-0.25, -0.2) is 0 Å². The Morgan fingerprint density at radius 1 is 1.16 bits per heavy atom. The Labute approximate surface area is 188 Å². The summed E-state index contributed by atoms with van der Waals surface area (Å²) in [5.41, 5.74) is 3.12. The standard InChI is InChI=1S/C21H23N5O3S2/c1-14-3-5-17(15(2)11-14)26-21(22-23-24-26)30-13-18(27)19-6-4-16(31-19)12-20(28)25-7-9-29-10-8-25/h3-6,11H,7-10,12-13H2,1-2H3. The number of benzene rings is 1. The predicted molar refractivity (Wildman–Crippen MR) is 119 cm³/mol. The molecule has 1 aromatic carbocycles. The summed E-state index contributed by atoms with van der Waals surface area (Å²) >= 11 is 2.68. The minimum absolute atomic E-state index is 0.00440. The molecule has 0 bridgehead atoms. The summed E-state index contributed by atoms with van der Waals surface area (Å²) in [7, 11) is 0. The van der Waals surface area contributed by atoms with Crippen LogP contribution in [0.1, 0.15) is 25.7 Å². The van der Waals surface area contributed by atoms with Gasteiger partial charge in [-0.2, -0.15) is 4.68 Å². The van der Waals surface area contributed by atoms with E-state index >= 15 is 0 Å². The fourth-order valence-electron chi connectivity index (χ4n) is 3.36. The second-order valence-corrected chi connectivity index (χ2v) is 9.42. The lowest BCUT2D eigenvalue weighted by molar-refractivity contribution is -0.134. The van der Waals surface area contributed by atoms with Crippen molar-refractivity contribution in [3.63, 3.8) is 0 Å². The van der Waals surface area contributed by atoms with Crippen molar-refractivity contribution in [1.29, 1.82) is 0 Å². The van der Waals surface area contributed by atoms with E-state index in [1.54, 1.807) is 10.7 Å². The zero-order valence-electron chi connectivity index (χ0n) is 17.4.